The van der Waals surface area contributed by atoms with Gasteiger partial charge in [-0.1, -0.05) is 61.5 Å². The molecule has 0 aliphatic carbocycles. The van der Waals surface area contributed by atoms with Gasteiger partial charge in [-0.25, -0.2) is 4.79 Å². The van der Waals surface area contributed by atoms with E-state index in [2.05, 4.69) is 48.6 Å². The summed E-state index contributed by atoms with van der Waals surface area (Å²) in [5, 5.41) is 12.4. The Morgan fingerprint density at radius 2 is 1.71 bits per heavy atom. The first-order valence-corrected chi connectivity index (χ1v) is 12.2. The standard InChI is InChI=1S/C28H38N2O4/c1-5-20-14-16-22(17-15-20)25(21-11-7-6-8-12-21)23-13-9-10-18-30(23)24(31)19-34-26(27(32)33)29-28(2,3)4/h6-8,11-12,14-17,23,25-26,29H,5,9-10,13,18-19H2,1-4H3,(H,32,33). The Hall–Kier alpha value is -2.70. The lowest BCUT2D eigenvalue weighted by atomic mass is 9.80. The summed E-state index contributed by atoms with van der Waals surface area (Å²) in [5.41, 5.74) is 3.19. The zero-order valence-corrected chi connectivity index (χ0v) is 20.8. The van der Waals surface area contributed by atoms with Crippen molar-refractivity contribution in [1.82, 2.24) is 10.2 Å². The van der Waals surface area contributed by atoms with Crippen molar-refractivity contribution in [2.75, 3.05) is 13.2 Å². The smallest absolute Gasteiger partial charge is 0.348 e. The van der Waals surface area contributed by atoms with Gasteiger partial charge >= 0.3 is 5.97 Å². The molecule has 1 aliphatic rings. The third-order valence-electron chi connectivity index (χ3n) is 6.32. The van der Waals surface area contributed by atoms with Gasteiger partial charge in [-0.3, -0.25) is 10.1 Å². The highest BCUT2D eigenvalue weighted by atomic mass is 16.5. The van der Waals surface area contributed by atoms with E-state index < -0.39 is 17.7 Å². The number of piperidine rings is 1. The average Bonchev–Trinajstić information content (AvgIpc) is 2.82. The van der Waals surface area contributed by atoms with Crippen LogP contribution in [0.25, 0.3) is 0 Å². The van der Waals surface area contributed by atoms with Crippen LogP contribution in [0.2, 0.25) is 0 Å². The minimum absolute atomic E-state index is 0.0152. The molecule has 0 spiro atoms. The molecule has 0 bridgehead atoms. The second kappa shape index (κ2) is 11.6. The molecule has 2 N–H and O–H groups in total. The Labute approximate surface area is 203 Å². The molecular weight excluding hydrogens is 428 g/mol. The van der Waals surface area contributed by atoms with E-state index in [9.17, 15) is 14.7 Å². The molecule has 1 aliphatic heterocycles. The molecule has 0 saturated carbocycles. The number of carboxylic acids is 1. The Morgan fingerprint density at radius 1 is 1.06 bits per heavy atom. The van der Waals surface area contributed by atoms with Crippen LogP contribution in [0.1, 0.15) is 69.6 Å². The molecular formula is C28H38N2O4. The minimum atomic E-state index is -1.24. The van der Waals surface area contributed by atoms with Gasteiger partial charge in [0.1, 0.15) is 6.61 Å². The summed E-state index contributed by atoms with van der Waals surface area (Å²) in [6.45, 7) is 8.11. The lowest BCUT2D eigenvalue weighted by Crippen LogP contribution is -2.52. The number of rotatable bonds is 9. The van der Waals surface area contributed by atoms with Crippen molar-refractivity contribution in [1.29, 1.82) is 0 Å². The number of carbonyl (C=O) groups excluding carboxylic acids is 1. The first kappa shape index (κ1) is 25.9. The molecule has 1 amide bonds. The van der Waals surface area contributed by atoms with Crippen molar-refractivity contribution >= 4 is 11.9 Å². The highest BCUT2D eigenvalue weighted by Crippen LogP contribution is 2.36. The quantitative estimate of drug-likeness (QED) is 0.529. The lowest BCUT2D eigenvalue weighted by molar-refractivity contribution is -0.159. The Balaban J connectivity index is 1.84. The Kier molecular flexibility index (Phi) is 8.86. The van der Waals surface area contributed by atoms with Gasteiger partial charge in [-0.15, -0.1) is 0 Å². The molecule has 0 aromatic heterocycles. The van der Waals surface area contributed by atoms with Crippen molar-refractivity contribution in [2.24, 2.45) is 0 Å². The number of ether oxygens (including phenoxy) is 1. The topological polar surface area (TPSA) is 78.9 Å². The molecule has 1 heterocycles. The molecule has 184 valence electrons. The van der Waals surface area contributed by atoms with E-state index in [1.165, 1.54) is 16.7 Å². The SMILES string of the molecule is CCc1ccc(C(c2ccccc2)C2CCCCN2C(=O)COC(NC(C)(C)C)C(=O)O)cc1. The maximum absolute atomic E-state index is 13.3. The zero-order valence-electron chi connectivity index (χ0n) is 20.8. The molecule has 34 heavy (non-hydrogen) atoms. The summed E-state index contributed by atoms with van der Waals surface area (Å²) in [6, 6.07) is 19.0. The summed E-state index contributed by atoms with van der Waals surface area (Å²) >= 11 is 0. The van der Waals surface area contributed by atoms with Crippen LogP contribution in [0.15, 0.2) is 54.6 Å². The van der Waals surface area contributed by atoms with Crippen molar-refractivity contribution in [3.05, 3.63) is 71.3 Å². The number of hydrogen-bond acceptors (Lipinski definition) is 4. The van der Waals surface area contributed by atoms with Gasteiger partial charge in [0, 0.05) is 24.0 Å². The minimum Gasteiger partial charge on any atom is -0.478 e. The van der Waals surface area contributed by atoms with Gasteiger partial charge in [0.2, 0.25) is 12.1 Å². The van der Waals surface area contributed by atoms with Gasteiger partial charge in [-0.2, -0.15) is 0 Å². The van der Waals surface area contributed by atoms with E-state index in [1.807, 2.05) is 43.9 Å². The molecule has 0 radical (unpaired) electrons. The Morgan fingerprint density at radius 3 is 2.29 bits per heavy atom. The molecule has 2 aromatic rings. The van der Waals surface area contributed by atoms with Gasteiger partial charge in [0.05, 0.1) is 0 Å². The molecule has 2 aromatic carbocycles. The normalized spacial score (nSPS) is 18.4. The predicted octanol–water partition coefficient (Wildman–Crippen LogP) is 4.58. The van der Waals surface area contributed by atoms with E-state index in [1.54, 1.807) is 0 Å². The van der Waals surface area contributed by atoms with Crippen LogP contribution in [0.4, 0.5) is 0 Å². The lowest BCUT2D eigenvalue weighted by Gasteiger charge is -2.41. The Bertz CT molecular complexity index is 937. The summed E-state index contributed by atoms with van der Waals surface area (Å²) in [5.74, 6) is -1.26. The number of aryl methyl sites for hydroxylation is 1. The molecule has 3 atom stereocenters. The molecule has 3 unspecified atom stereocenters. The summed E-state index contributed by atoms with van der Waals surface area (Å²) < 4.78 is 5.56. The molecule has 6 nitrogen and oxygen atoms in total. The van der Waals surface area contributed by atoms with Crippen LogP contribution in [-0.2, 0) is 20.7 Å². The van der Waals surface area contributed by atoms with E-state index in [0.717, 1.165) is 25.7 Å². The maximum Gasteiger partial charge on any atom is 0.348 e. The van der Waals surface area contributed by atoms with Crippen LogP contribution >= 0.6 is 0 Å². The van der Waals surface area contributed by atoms with Gasteiger partial charge < -0.3 is 14.7 Å². The fourth-order valence-corrected chi connectivity index (χ4v) is 4.68. The number of carbonyl (C=O) groups is 2. The van der Waals surface area contributed by atoms with E-state index in [0.29, 0.717) is 6.54 Å². The predicted molar refractivity (Wildman–Crippen MR) is 134 cm³/mol. The summed E-state index contributed by atoms with van der Waals surface area (Å²) in [4.78, 5) is 26.9. The van der Waals surface area contributed by atoms with E-state index in [4.69, 9.17) is 4.74 Å². The number of carboxylic acid groups (broad SMARTS) is 1. The van der Waals surface area contributed by atoms with Gasteiger partial charge in [0.25, 0.3) is 0 Å². The maximum atomic E-state index is 13.3. The van der Waals surface area contributed by atoms with Crippen LogP contribution in [0, 0.1) is 0 Å². The van der Waals surface area contributed by atoms with Gasteiger partial charge in [-0.05, 0) is 63.1 Å². The summed E-state index contributed by atoms with van der Waals surface area (Å²) in [7, 11) is 0. The number of amides is 1. The van der Waals surface area contributed by atoms with Crippen molar-refractivity contribution in [2.45, 2.75) is 77.1 Å². The van der Waals surface area contributed by atoms with Crippen LogP contribution in [-0.4, -0.2) is 52.8 Å². The third-order valence-corrected chi connectivity index (χ3v) is 6.32. The van der Waals surface area contributed by atoms with E-state index >= 15 is 0 Å². The monoisotopic (exact) mass is 466 g/mol. The molecule has 3 rings (SSSR count). The molecule has 6 heteroatoms. The highest BCUT2D eigenvalue weighted by Gasteiger charge is 2.35. The van der Waals surface area contributed by atoms with Crippen molar-refractivity contribution in [3.63, 3.8) is 0 Å². The number of likely N-dealkylation sites (tertiary alicyclic amines) is 1. The second-order valence-corrected chi connectivity index (χ2v) is 10.1. The fraction of sp³-hybridized carbons (Fsp3) is 0.500. The zero-order chi connectivity index (χ0) is 24.7. The van der Waals surface area contributed by atoms with Crippen molar-refractivity contribution < 1.29 is 19.4 Å². The molecule has 1 fully saturated rings. The number of aliphatic carboxylic acids is 1. The first-order chi connectivity index (χ1) is 16.2. The van der Waals surface area contributed by atoms with Crippen LogP contribution in [0.3, 0.4) is 0 Å². The highest BCUT2D eigenvalue weighted by molar-refractivity contribution is 5.79. The number of benzene rings is 2. The van der Waals surface area contributed by atoms with Crippen LogP contribution < -0.4 is 5.32 Å². The second-order valence-electron chi connectivity index (χ2n) is 10.1. The third kappa shape index (κ3) is 6.90. The van der Waals surface area contributed by atoms with Crippen molar-refractivity contribution in [3.8, 4) is 0 Å². The first-order valence-electron chi connectivity index (χ1n) is 12.2. The molecule has 1 saturated heterocycles. The van der Waals surface area contributed by atoms with Crippen LogP contribution in [0.5, 0.6) is 0 Å². The number of hydrogen-bond donors (Lipinski definition) is 2. The van der Waals surface area contributed by atoms with Gasteiger partial charge in [0.15, 0.2) is 0 Å². The number of nitrogens with zero attached hydrogens (tertiary/aromatic N) is 1. The largest absolute Gasteiger partial charge is 0.478 e. The average molecular weight is 467 g/mol. The fourth-order valence-electron chi connectivity index (χ4n) is 4.68. The summed E-state index contributed by atoms with van der Waals surface area (Å²) in [6.07, 6.45) is 2.62. The van der Waals surface area contributed by atoms with E-state index in [-0.39, 0.29) is 24.5 Å². The number of nitrogens with one attached hydrogen (secondary N) is 1.